The van der Waals surface area contributed by atoms with Gasteiger partial charge in [-0.2, -0.15) is 0 Å². The number of nitrogens with zero attached hydrogens (tertiary/aromatic N) is 1. The molecule has 156 valence electrons. The van der Waals surface area contributed by atoms with Gasteiger partial charge in [0.05, 0.1) is 6.61 Å². The van der Waals surface area contributed by atoms with E-state index < -0.39 is 0 Å². The smallest absolute Gasteiger partial charge is 0.317 e. The number of nitrogens with one attached hydrogen (secondary N) is 1. The van der Waals surface area contributed by atoms with Crippen LogP contribution in [-0.2, 0) is 17.9 Å². The molecule has 1 N–H and O–H groups in total. The molecule has 29 heavy (non-hydrogen) atoms. The summed E-state index contributed by atoms with van der Waals surface area (Å²) >= 11 is 0. The number of piperidine rings is 1. The van der Waals surface area contributed by atoms with Crippen LogP contribution < -0.4 is 10.1 Å². The van der Waals surface area contributed by atoms with Crippen LogP contribution in [0.3, 0.4) is 0 Å². The molecule has 0 aromatic heterocycles. The lowest BCUT2D eigenvalue weighted by atomic mass is 10.1. The van der Waals surface area contributed by atoms with Gasteiger partial charge in [0.2, 0.25) is 0 Å². The van der Waals surface area contributed by atoms with E-state index in [0.29, 0.717) is 32.8 Å². The highest BCUT2D eigenvalue weighted by molar-refractivity contribution is 5.74. The normalized spacial score (nSPS) is 14.7. The number of carbonyl (C=O) groups is 1. The summed E-state index contributed by atoms with van der Waals surface area (Å²) in [5.41, 5.74) is 4.58. The van der Waals surface area contributed by atoms with Gasteiger partial charge in [-0.25, -0.2) is 4.79 Å². The number of hydrogen-bond donors (Lipinski definition) is 1. The Hall–Kier alpha value is -2.53. The maximum atomic E-state index is 12.6. The molecule has 1 heterocycles. The van der Waals surface area contributed by atoms with E-state index in [2.05, 4.69) is 37.4 Å². The maximum absolute atomic E-state index is 12.6. The van der Waals surface area contributed by atoms with Crippen molar-refractivity contribution in [3.8, 4) is 5.75 Å². The van der Waals surface area contributed by atoms with Crippen molar-refractivity contribution in [1.29, 1.82) is 0 Å². The fourth-order valence-electron chi connectivity index (χ4n) is 3.56. The molecule has 0 aliphatic carbocycles. The van der Waals surface area contributed by atoms with E-state index in [1.807, 2.05) is 36.1 Å². The van der Waals surface area contributed by atoms with Gasteiger partial charge >= 0.3 is 6.03 Å². The highest BCUT2D eigenvalue weighted by Crippen LogP contribution is 2.24. The van der Waals surface area contributed by atoms with Gasteiger partial charge in [0.15, 0.2) is 0 Å². The second kappa shape index (κ2) is 10.3. The third kappa shape index (κ3) is 5.97. The van der Waals surface area contributed by atoms with Gasteiger partial charge in [0.25, 0.3) is 0 Å². The van der Waals surface area contributed by atoms with Gasteiger partial charge < -0.3 is 19.7 Å². The highest BCUT2D eigenvalue weighted by Gasteiger charge is 2.24. The Labute approximate surface area is 174 Å². The van der Waals surface area contributed by atoms with Crippen molar-refractivity contribution in [3.05, 3.63) is 64.7 Å². The zero-order valence-corrected chi connectivity index (χ0v) is 17.7. The minimum absolute atomic E-state index is 0.0126. The van der Waals surface area contributed by atoms with Crippen molar-refractivity contribution in [2.24, 2.45) is 0 Å². The van der Waals surface area contributed by atoms with Gasteiger partial charge in [-0.15, -0.1) is 0 Å². The predicted molar refractivity (Wildman–Crippen MR) is 115 cm³/mol. The molecular formula is C24H32N2O3. The van der Waals surface area contributed by atoms with Crippen LogP contribution in [-0.4, -0.2) is 36.7 Å². The molecule has 0 bridgehead atoms. The van der Waals surface area contributed by atoms with Crippen LogP contribution in [0.1, 0.15) is 42.0 Å². The summed E-state index contributed by atoms with van der Waals surface area (Å²) in [7, 11) is 0. The molecule has 1 fully saturated rings. The molecule has 1 aliphatic heterocycles. The minimum atomic E-state index is -0.0126. The maximum Gasteiger partial charge on any atom is 0.317 e. The van der Waals surface area contributed by atoms with Crippen LogP contribution in [0.15, 0.2) is 42.5 Å². The van der Waals surface area contributed by atoms with Crippen molar-refractivity contribution in [3.63, 3.8) is 0 Å². The number of carbonyl (C=O) groups excluding carboxylic acids is 1. The highest BCUT2D eigenvalue weighted by atomic mass is 16.5. The van der Waals surface area contributed by atoms with E-state index in [4.69, 9.17) is 9.47 Å². The summed E-state index contributed by atoms with van der Waals surface area (Å²) in [4.78, 5) is 14.5. The van der Waals surface area contributed by atoms with Gasteiger partial charge in [0.1, 0.15) is 11.9 Å². The van der Waals surface area contributed by atoms with E-state index >= 15 is 0 Å². The van der Waals surface area contributed by atoms with Crippen LogP contribution >= 0.6 is 0 Å². The summed E-state index contributed by atoms with van der Waals surface area (Å²) in [6.07, 6.45) is 1.86. The first-order chi connectivity index (χ1) is 14.1. The first-order valence-electron chi connectivity index (χ1n) is 10.5. The molecule has 5 heteroatoms. The number of amides is 2. The Kier molecular flexibility index (Phi) is 7.53. The van der Waals surface area contributed by atoms with Crippen LogP contribution in [0, 0.1) is 13.8 Å². The molecule has 0 atom stereocenters. The lowest BCUT2D eigenvalue weighted by Crippen LogP contribution is -2.46. The van der Waals surface area contributed by atoms with Gasteiger partial charge in [0, 0.05) is 39.1 Å². The first-order valence-corrected chi connectivity index (χ1v) is 10.5. The number of benzene rings is 2. The summed E-state index contributed by atoms with van der Waals surface area (Å²) in [6, 6.07) is 14.4. The fraction of sp³-hybridized carbons (Fsp3) is 0.458. The Morgan fingerprint density at radius 2 is 1.83 bits per heavy atom. The van der Waals surface area contributed by atoms with E-state index in [1.54, 1.807) is 0 Å². The van der Waals surface area contributed by atoms with Crippen molar-refractivity contribution < 1.29 is 14.3 Å². The van der Waals surface area contributed by atoms with E-state index in [9.17, 15) is 4.79 Å². The van der Waals surface area contributed by atoms with Gasteiger partial charge in [-0.05, 0) is 49.1 Å². The molecule has 2 amide bonds. The first kappa shape index (κ1) is 21.2. The quantitative estimate of drug-likeness (QED) is 0.745. The Morgan fingerprint density at radius 1 is 1.10 bits per heavy atom. The van der Waals surface area contributed by atoms with Gasteiger partial charge in [-0.3, -0.25) is 0 Å². The average Bonchev–Trinajstić information content (AvgIpc) is 2.74. The van der Waals surface area contributed by atoms with Crippen molar-refractivity contribution in [1.82, 2.24) is 10.2 Å². The second-order valence-electron chi connectivity index (χ2n) is 7.64. The monoisotopic (exact) mass is 396 g/mol. The largest absolute Gasteiger partial charge is 0.490 e. The SMILES string of the molecule is CCOCc1ccccc1CNC(=O)N1CCC(Oc2cc(C)ccc2C)CC1. The molecule has 2 aromatic rings. The van der Waals surface area contributed by atoms with E-state index in [0.717, 1.165) is 35.3 Å². The lowest BCUT2D eigenvalue weighted by molar-refractivity contribution is 0.110. The van der Waals surface area contributed by atoms with Crippen molar-refractivity contribution in [2.75, 3.05) is 19.7 Å². The molecule has 1 saturated heterocycles. The molecule has 5 nitrogen and oxygen atoms in total. The summed E-state index contributed by atoms with van der Waals surface area (Å²) in [5, 5.41) is 3.06. The number of urea groups is 1. The molecule has 3 rings (SSSR count). The van der Waals surface area contributed by atoms with Crippen LogP contribution in [0.25, 0.3) is 0 Å². The number of rotatable bonds is 7. The Bertz CT molecular complexity index is 814. The van der Waals surface area contributed by atoms with Crippen LogP contribution in [0.2, 0.25) is 0 Å². The number of hydrogen-bond acceptors (Lipinski definition) is 3. The molecule has 2 aromatic carbocycles. The van der Waals surface area contributed by atoms with Gasteiger partial charge in [-0.1, -0.05) is 36.4 Å². The zero-order valence-electron chi connectivity index (χ0n) is 17.7. The Morgan fingerprint density at radius 3 is 2.55 bits per heavy atom. The predicted octanol–water partition coefficient (Wildman–Crippen LogP) is 4.59. The van der Waals surface area contributed by atoms with E-state index in [1.165, 1.54) is 5.56 Å². The number of likely N-dealkylation sites (tertiary alicyclic amines) is 1. The minimum Gasteiger partial charge on any atom is -0.490 e. The third-order valence-electron chi connectivity index (χ3n) is 5.38. The standard InChI is InChI=1S/C24H32N2O3/c1-4-28-17-21-8-6-5-7-20(21)16-25-24(27)26-13-11-22(12-14-26)29-23-15-18(2)9-10-19(23)3/h5-10,15,22H,4,11-14,16-17H2,1-3H3,(H,25,27). The number of aryl methyl sites for hydroxylation is 2. The topological polar surface area (TPSA) is 50.8 Å². The zero-order chi connectivity index (χ0) is 20.6. The third-order valence-corrected chi connectivity index (χ3v) is 5.38. The average molecular weight is 397 g/mol. The molecule has 0 unspecified atom stereocenters. The van der Waals surface area contributed by atoms with Crippen LogP contribution in [0.5, 0.6) is 5.75 Å². The molecular weight excluding hydrogens is 364 g/mol. The van der Waals surface area contributed by atoms with Crippen molar-refractivity contribution >= 4 is 6.03 Å². The summed E-state index contributed by atoms with van der Waals surface area (Å²) in [5.74, 6) is 0.957. The second-order valence-corrected chi connectivity index (χ2v) is 7.64. The lowest BCUT2D eigenvalue weighted by Gasteiger charge is -2.32. The molecule has 0 radical (unpaired) electrons. The number of ether oxygens (including phenoxy) is 2. The van der Waals surface area contributed by atoms with E-state index in [-0.39, 0.29) is 12.1 Å². The van der Waals surface area contributed by atoms with Crippen LogP contribution in [0.4, 0.5) is 4.79 Å². The molecule has 1 aliphatic rings. The molecule has 0 saturated carbocycles. The summed E-state index contributed by atoms with van der Waals surface area (Å²) in [6.45, 7) is 9.32. The Balaban J connectivity index is 1.47. The summed E-state index contributed by atoms with van der Waals surface area (Å²) < 4.78 is 11.7. The van der Waals surface area contributed by atoms with Crippen molar-refractivity contribution in [2.45, 2.75) is 52.9 Å². The molecule has 0 spiro atoms. The fourth-order valence-corrected chi connectivity index (χ4v) is 3.56.